The molecule has 4 rings (SSSR count). The first-order valence-corrected chi connectivity index (χ1v) is 13.3. The molecule has 1 amide bonds. The summed E-state index contributed by atoms with van der Waals surface area (Å²) in [5.41, 5.74) is 1.70. The van der Waals surface area contributed by atoms with Gasteiger partial charge < -0.3 is 15.0 Å². The standard InChI is InChI=1S/C26H30N4O4S/c1-2-34-23-11-9-22(10-12-23)29-35(32,33)24-13-7-21(8-14-24)26(31)28-19-20-6-15-25(27-18-20)30-16-4-3-5-17-30/h6-15,18,29H,2-5,16-17,19H2,1H3,(H,28,31). The Morgan fingerprint density at radius 1 is 0.971 bits per heavy atom. The highest BCUT2D eigenvalue weighted by molar-refractivity contribution is 7.92. The van der Waals surface area contributed by atoms with Crippen LogP contribution in [0.5, 0.6) is 5.75 Å². The molecule has 0 saturated carbocycles. The molecule has 1 saturated heterocycles. The number of pyridine rings is 1. The lowest BCUT2D eigenvalue weighted by Gasteiger charge is -2.27. The fourth-order valence-corrected chi connectivity index (χ4v) is 4.96. The number of hydrogen-bond donors (Lipinski definition) is 2. The van der Waals surface area contributed by atoms with E-state index in [-0.39, 0.29) is 10.8 Å². The van der Waals surface area contributed by atoms with Gasteiger partial charge in [-0.1, -0.05) is 6.07 Å². The second kappa shape index (κ2) is 11.2. The highest BCUT2D eigenvalue weighted by Crippen LogP contribution is 2.20. The fourth-order valence-electron chi connectivity index (χ4n) is 3.90. The third-order valence-corrected chi connectivity index (χ3v) is 7.18. The number of nitrogens with one attached hydrogen (secondary N) is 2. The third-order valence-electron chi connectivity index (χ3n) is 5.79. The van der Waals surface area contributed by atoms with Crippen molar-refractivity contribution in [2.75, 3.05) is 29.3 Å². The van der Waals surface area contributed by atoms with Crippen molar-refractivity contribution in [2.45, 2.75) is 37.6 Å². The van der Waals surface area contributed by atoms with Crippen LogP contribution >= 0.6 is 0 Å². The molecule has 0 radical (unpaired) electrons. The van der Waals surface area contributed by atoms with Gasteiger partial charge in [-0.25, -0.2) is 13.4 Å². The van der Waals surface area contributed by atoms with Crippen molar-refractivity contribution in [2.24, 2.45) is 0 Å². The molecule has 1 aliphatic heterocycles. The van der Waals surface area contributed by atoms with E-state index in [0.29, 0.717) is 30.2 Å². The van der Waals surface area contributed by atoms with Crippen molar-refractivity contribution >= 4 is 27.4 Å². The van der Waals surface area contributed by atoms with Gasteiger partial charge in [0.15, 0.2) is 0 Å². The quantitative estimate of drug-likeness (QED) is 0.462. The highest BCUT2D eigenvalue weighted by atomic mass is 32.2. The number of benzene rings is 2. The summed E-state index contributed by atoms with van der Waals surface area (Å²) in [5, 5.41) is 2.86. The molecule has 1 aliphatic rings. The molecule has 0 bridgehead atoms. The van der Waals surface area contributed by atoms with E-state index < -0.39 is 10.0 Å². The molecule has 0 unspecified atom stereocenters. The fraction of sp³-hybridized carbons (Fsp3) is 0.308. The van der Waals surface area contributed by atoms with Crippen LogP contribution in [0.1, 0.15) is 42.1 Å². The Labute approximate surface area is 206 Å². The molecule has 3 aromatic rings. The summed E-state index contributed by atoms with van der Waals surface area (Å²) in [5.74, 6) is 1.35. The zero-order chi connectivity index (χ0) is 24.7. The molecule has 0 spiro atoms. The molecular weight excluding hydrogens is 464 g/mol. The number of carbonyl (C=O) groups is 1. The summed E-state index contributed by atoms with van der Waals surface area (Å²) >= 11 is 0. The van der Waals surface area contributed by atoms with E-state index in [1.165, 1.54) is 43.5 Å². The van der Waals surface area contributed by atoms with Gasteiger partial charge >= 0.3 is 0 Å². The van der Waals surface area contributed by atoms with Gasteiger partial charge in [-0.05, 0) is 86.3 Å². The molecule has 9 heteroatoms. The number of anilines is 2. The molecule has 184 valence electrons. The van der Waals surface area contributed by atoms with Crippen LogP contribution in [0.3, 0.4) is 0 Å². The maximum Gasteiger partial charge on any atom is 0.261 e. The van der Waals surface area contributed by atoms with Crippen LogP contribution < -0.4 is 19.7 Å². The Hall–Kier alpha value is -3.59. The zero-order valence-electron chi connectivity index (χ0n) is 19.7. The van der Waals surface area contributed by atoms with Gasteiger partial charge in [-0.3, -0.25) is 9.52 Å². The first-order valence-electron chi connectivity index (χ1n) is 11.8. The van der Waals surface area contributed by atoms with Crippen LogP contribution in [-0.2, 0) is 16.6 Å². The number of piperidine rings is 1. The van der Waals surface area contributed by atoms with Crippen molar-refractivity contribution in [3.8, 4) is 5.75 Å². The van der Waals surface area contributed by atoms with E-state index in [1.54, 1.807) is 30.5 Å². The Morgan fingerprint density at radius 3 is 2.31 bits per heavy atom. The summed E-state index contributed by atoms with van der Waals surface area (Å²) in [6.07, 6.45) is 5.44. The van der Waals surface area contributed by atoms with Crippen molar-refractivity contribution in [1.82, 2.24) is 10.3 Å². The van der Waals surface area contributed by atoms with Gasteiger partial charge in [0.1, 0.15) is 11.6 Å². The number of aromatic nitrogens is 1. The van der Waals surface area contributed by atoms with E-state index in [1.807, 2.05) is 19.1 Å². The van der Waals surface area contributed by atoms with Gasteiger partial charge in [0.2, 0.25) is 0 Å². The van der Waals surface area contributed by atoms with Crippen LogP contribution in [0.25, 0.3) is 0 Å². The highest BCUT2D eigenvalue weighted by Gasteiger charge is 2.16. The Balaban J connectivity index is 1.32. The first-order chi connectivity index (χ1) is 16.9. The number of nitrogens with zero attached hydrogens (tertiary/aromatic N) is 2. The zero-order valence-corrected chi connectivity index (χ0v) is 20.6. The van der Waals surface area contributed by atoms with E-state index in [2.05, 4.69) is 19.9 Å². The second-order valence-electron chi connectivity index (χ2n) is 8.34. The van der Waals surface area contributed by atoms with Gasteiger partial charge in [0.25, 0.3) is 15.9 Å². The summed E-state index contributed by atoms with van der Waals surface area (Å²) in [6, 6.07) is 16.5. The van der Waals surface area contributed by atoms with E-state index in [0.717, 1.165) is 24.5 Å². The Morgan fingerprint density at radius 2 is 1.69 bits per heavy atom. The number of ether oxygens (including phenoxy) is 1. The number of carbonyl (C=O) groups excluding carboxylic acids is 1. The summed E-state index contributed by atoms with van der Waals surface area (Å²) in [7, 11) is -3.78. The molecular formula is C26H30N4O4S. The van der Waals surface area contributed by atoms with E-state index in [4.69, 9.17) is 4.74 Å². The molecule has 2 heterocycles. The minimum Gasteiger partial charge on any atom is -0.494 e. The smallest absolute Gasteiger partial charge is 0.261 e. The number of amides is 1. The predicted octanol–water partition coefficient (Wildman–Crippen LogP) is 4.20. The molecule has 1 aromatic heterocycles. The lowest BCUT2D eigenvalue weighted by molar-refractivity contribution is 0.0950. The SMILES string of the molecule is CCOc1ccc(NS(=O)(=O)c2ccc(C(=O)NCc3ccc(N4CCCCC4)nc3)cc2)cc1. The van der Waals surface area contributed by atoms with Crippen LogP contribution in [-0.4, -0.2) is 39.0 Å². The molecule has 0 atom stereocenters. The third kappa shape index (κ3) is 6.51. The lowest BCUT2D eigenvalue weighted by atomic mass is 10.1. The minimum absolute atomic E-state index is 0.0698. The molecule has 8 nitrogen and oxygen atoms in total. The Bertz CT molecular complexity index is 1220. The average Bonchev–Trinajstić information content (AvgIpc) is 2.89. The average molecular weight is 495 g/mol. The molecule has 35 heavy (non-hydrogen) atoms. The number of rotatable bonds is 9. The maximum atomic E-state index is 12.7. The summed E-state index contributed by atoms with van der Waals surface area (Å²) < 4.78 is 33.3. The lowest BCUT2D eigenvalue weighted by Crippen LogP contribution is -2.30. The summed E-state index contributed by atoms with van der Waals surface area (Å²) in [6.45, 7) is 4.82. The first kappa shape index (κ1) is 24.5. The normalized spacial score (nSPS) is 13.8. The Kier molecular flexibility index (Phi) is 7.87. The molecule has 2 N–H and O–H groups in total. The summed E-state index contributed by atoms with van der Waals surface area (Å²) in [4.78, 5) is 19.4. The largest absolute Gasteiger partial charge is 0.494 e. The van der Waals surface area contributed by atoms with Gasteiger partial charge in [-0.2, -0.15) is 0 Å². The topological polar surface area (TPSA) is 101 Å². The maximum absolute atomic E-state index is 12.7. The number of sulfonamides is 1. The second-order valence-corrected chi connectivity index (χ2v) is 10.0. The van der Waals surface area contributed by atoms with Crippen LogP contribution in [0, 0.1) is 0 Å². The van der Waals surface area contributed by atoms with Crippen molar-refractivity contribution in [3.05, 3.63) is 78.0 Å². The molecule has 0 aliphatic carbocycles. The van der Waals surface area contributed by atoms with Crippen molar-refractivity contribution in [1.29, 1.82) is 0 Å². The van der Waals surface area contributed by atoms with Crippen LogP contribution in [0.15, 0.2) is 71.8 Å². The minimum atomic E-state index is -3.78. The number of hydrogen-bond acceptors (Lipinski definition) is 6. The molecule has 2 aromatic carbocycles. The van der Waals surface area contributed by atoms with Crippen molar-refractivity contribution < 1.29 is 17.9 Å². The van der Waals surface area contributed by atoms with E-state index >= 15 is 0 Å². The predicted molar refractivity (Wildman–Crippen MR) is 136 cm³/mol. The van der Waals surface area contributed by atoms with E-state index in [9.17, 15) is 13.2 Å². The molecule has 1 fully saturated rings. The van der Waals surface area contributed by atoms with Crippen LogP contribution in [0.2, 0.25) is 0 Å². The van der Waals surface area contributed by atoms with Gasteiger partial charge in [-0.15, -0.1) is 0 Å². The van der Waals surface area contributed by atoms with Crippen molar-refractivity contribution in [3.63, 3.8) is 0 Å². The van der Waals surface area contributed by atoms with Crippen LogP contribution in [0.4, 0.5) is 11.5 Å². The van der Waals surface area contributed by atoms with Gasteiger partial charge in [0, 0.05) is 37.1 Å². The van der Waals surface area contributed by atoms with Gasteiger partial charge in [0.05, 0.1) is 11.5 Å². The monoisotopic (exact) mass is 494 g/mol.